The van der Waals surface area contributed by atoms with E-state index in [1.807, 2.05) is 36.4 Å². The average molecular weight is 433 g/mol. The highest BCUT2D eigenvalue weighted by Gasteiger charge is 2.35. The fourth-order valence-electron chi connectivity index (χ4n) is 4.36. The second-order valence-electron chi connectivity index (χ2n) is 7.81. The van der Waals surface area contributed by atoms with E-state index in [4.69, 9.17) is 17.0 Å². The van der Waals surface area contributed by atoms with E-state index in [1.165, 1.54) is 12.1 Å². The van der Waals surface area contributed by atoms with Crippen molar-refractivity contribution in [1.82, 2.24) is 10.6 Å². The zero-order chi connectivity index (χ0) is 21.4. The molecule has 31 heavy (non-hydrogen) atoms. The van der Waals surface area contributed by atoms with Gasteiger partial charge in [0.1, 0.15) is 18.2 Å². The maximum atomic E-state index is 13.3. The van der Waals surface area contributed by atoms with Gasteiger partial charge in [-0.15, -0.1) is 0 Å². The Kier molecular flexibility index (Phi) is 5.16. The zero-order valence-electron chi connectivity index (χ0n) is 16.8. The third kappa shape index (κ3) is 3.79. The number of Topliss-reactive ketones (excluding diaryl/α,β-unsaturated/α-hetero) is 1. The lowest BCUT2D eigenvalue weighted by Crippen LogP contribution is -2.46. The standard InChI is InChI=1S/C25H21FN2O2S/c26-17-11-8-15(9-12-17)14-30-21-13-10-16-4-1-2-5-18(16)22(21)24-23-19(27-25(31)28-24)6-3-7-20(23)29/h1-2,4-5,8-13,24H,3,6-7,14H2,(H2,27,28,31). The van der Waals surface area contributed by atoms with Crippen LogP contribution in [0.15, 0.2) is 71.9 Å². The lowest BCUT2D eigenvalue weighted by molar-refractivity contribution is -0.116. The van der Waals surface area contributed by atoms with Crippen molar-refractivity contribution >= 4 is 33.9 Å². The monoisotopic (exact) mass is 432 g/mol. The Hall–Kier alpha value is -3.25. The first-order chi connectivity index (χ1) is 15.1. The second kappa shape index (κ2) is 8.12. The molecule has 0 fully saturated rings. The predicted octanol–water partition coefficient (Wildman–Crippen LogP) is 5.08. The van der Waals surface area contributed by atoms with Gasteiger partial charge in [-0.05, 0) is 59.6 Å². The molecule has 1 aliphatic carbocycles. The first kappa shape index (κ1) is 19.7. The smallest absolute Gasteiger partial charge is 0.171 e. The Bertz CT molecular complexity index is 1220. The number of ketones is 1. The van der Waals surface area contributed by atoms with Gasteiger partial charge in [-0.3, -0.25) is 4.79 Å². The molecule has 1 unspecified atom stereocenters. The molecular formula is C25H21FN2O2S. The molecule has 0 saturated carbocycles. The molecule has 3 aromatic rings. The van der Waals surface area contributed by atoms with Crippen molar-refractivity contribution in [1.29, 1.82) is 0 Å². The average Bonchev–Trinajstić information content (AvgIpc) is 2.78. The highest BCUT2D eigenvalue weighted by Crippen LogP contribution is 2.41. The molecule has 1 heterocycles. The fraction of sp³-hybridized carbons (Fsp3) is 0.200. The van der Waals surface area contributed by atoms with Crippen LogP contribution in [0.2, 0.25) is 0 Å². The van der Waals surface area contributed by atoms with Crippen molar-refractivity contribution in [3.8, 4) is 5.75 Å². The van der Waals surface area contributed by atoms with E-state index in [9.17, 15) is 9.18 Å². The molecule has 5 rings (SSSR count). The lowest BCUT2D eigenvalue weighted by atomic mass is 9.83. The summed E-state index contributed by atoms with van der Waals surface area (Å²) in [4.78, 5) is 12.9. The van der Waals surface area contributed by atoms with Gasteiger partial charge in [0.15, 0.2) is 10.9 Å². The van der Waals surface area contributed by atoms with E-state index in [2.05, 4.69) is 10.6 Å². The minimum Gasteiger partial charge on any atom is -0.489 e. The maximum absolute atomic E-state index is 13.3. The normalized spacial score (nSPS) is 18.4. The summed E-state index contributed by atoms with van der Waals surface area (Å²) in [5.74, 6) is 0.527. The van der Waals surface area contributed by atoms with Crippen LogP contribution in [0.5, 0.6) is 5.75 Å². The molecule has 2 aliphatic rings. The third-order valence-electron chi connectivity index (χ3n) is 5.81. The summed E-state index contributed by atoms with van der Waals surface area (Å²) in [5.41, 5.74) is 3.40. The van der Waals surface area contributed by atoms with Crippen LogP contribution in [0.25, 0.3) is 10.8 Å². The highest BCUT2D eigenvalue weighted by atomic mass is 32.1. The molecule has 1 atom stereocenters. The molecule has 6 heteroatoms. The summed E-state index contributed by atoms with van der Waals surface area (Å²) in [6.45, 7) is 0.293. The molecule has 0 bridgehead atoms. The summed E-state index contributed by atoms with van der Waals surface area (Å²) < 4.78 is 19.5. The van der Waals surface area contributed by atoms with E-state index in [0.717, 1.165) is 46.0 Å². The Balaban J connectivity index is 1.62. The number of rotatable bonds is 4. The molecule has 0 saturated heterocycles. The SMILES string of the molecule is O=C1CCCC2=C1C(c1c(OCc3ccc(F)cc3)ccc3ccccc13)NC(=S)N2. The van der Waals surface area contributed by atoms with E-state index in [-0.39, 0.29) is 17.6 Å². The molecule has 4 nitrogen and oxygen atoms in total. The number of fused-ring (bicyclic) bond motifs is 1. The summed E-state index contributed by atoms with van der Waals surface area (Å²) in [5, 5.41) is 9.07. The minimum atomic E-state index is -0.383. The Labute approximate surface area is 185 Å². The maximum Gasteiger partial charge on any atom is 0.171 e. The minimum absolute atomic E-state index is 0.131. The largest absolute Gasteiger partial charge is 0.489 e. The number of hydrogen-bond donors (Lipinski definition) is 2. The van der Waals surface area contributed by atoms with Crippen LogP contribution in [0, 0.1) is 5.82 Å². The number of allylic oxidation sites excluding steroid dienone is 1. The number of thiocarbonyl (C=S) groups is 1. The zero-order valence-corrected chi connectivity index (χ0v) is 17.6. The van der Waals surface area contributed by atoms with Crippen molar-refractivity contribution in [3.63, 3.8) is 0 Å². The number of ether oxygens (including phenoxy) is 1. The number of nitrogens with one attached hydrogen (secondary N) is 2. The van der Waals surface area contributed by atoms with Crippen LogP contribution in [-0.4, -0.2) is 10.9 Å². The molecule has 2 N–H and O–H groups in total. The molecule has 0 spiro atoms. The van der Waals surface area contributed by atoms with Gasteiger partial charge in [-0.25, -0.2) is 4.39 Å². The topological polar surface area (TPSA) is 50.4 Å². The van der Waals surface area contributed by atoms with E-state index < -0.39 is 0 Å². The van der Waals surface area contributed by atoms with Crippen LogP contribution in [-0.2, 0) is 11.4 Å². The lowest BCUT2D eigenvalue weighted by Gasteiger charge is -2.35. The first-order valence-corrected chi connectivity index (χ1v) is 10.7. The van der Waals surface area contributed by atoms with E-state index >= 15 is 0 Å². The van der Waals surface area contributed by atoms with Crippen molar-refractivity contribution in [2.75, 3.05) is 0 Å². The molecule has 0 radical (unpaired) electrons. The van der Waals surface area contributed by atoms with Gasteiger partial charge in [0.2, 0.25) is 0 Å². The van der Waals surface area contributed by atoms with Crippen LogP contribution in [0.1, 0.15) is 36.4 Å². The van der Waals surface area contributed by atoms with Gasteiger partial charge in [0, 0.05) is 23.3 Å². The number of carbonyl (C=O) groups excluding carboxylic acids is 1. The van der Waals surface area contributed by atoms with E-state index in [0.29, 0.717) is 23.9 Å². The summed E-state index contributed by atoms with van der Waals surface area (Å²) in [7, 11) is 0. The summed E-state index contributed by atoms with van der Waals surface area (Å²) in [6, 6.07) is 17.9. The van der Waals surface area contributed by atoms with Crippen LogP contribution in [0.4, 0.5) is 4.39 Å². The molecule has 0 amide bonds. The van der Waals surface area contributed by atoms with Crippen LogP contribution < -0.4 is 15.4 Å². The summed E-state index contributed by atoms with van der Waals surface area (Å²) >= 11 is 5.47. The van der Waals surface area contributed by atoms with Crippen molar-refractivity contribution in [2.24, 2.45) is 0 Å². The molecular weight excluding hydrogens is 411 g/mol. The summed E-state index contributed by atoms with van der Waals surface area (Å²) in [6.07, 6.45) is 2.15. The van der Waals surface area contributed by atoms with Crippen LogP contribution in [0.3, 0.4) is 0 Å². The van der Waals surface area contributed by atoms with Gasteiger partial charge >= 0.3 is 0 Å². The Morgan fingerprint density at radius 2 is 1.84 bits per heavy atom. The van der Waals surface area contributed by atoms with Crippen molar-refractivity contribution in [2.45, 2.75) is 31.9 Å². The van der Waals surface area contributed by atoms with Crippen molar-refractivity contribution in [3.05, 3.63) is 88.9 Å². The molecule has 156 valence electrons. The number of benzene rings is 3. The molecule has 0 aromatic heterocycles. The third-order valence-corrected chi connectivity index (χ3v) is 6.03. The molecule has 3 aromatic carbocycles. The van der Waals surface area contributed by atoms with Crippen LogP contribution >= 0.6 is 12.2 Å². The predicted molar refractivity (Wildman–Crippen MR) is 122 cm³/mol. The highest BCUT2D eigenvalue weighted by molar-refractivity contribution is 7.80. The Morgan fingerprint density at radius 1 is 1.03 bits per heavy atom. The quantitative estimate of drug-likeness (QED) is 0.563. The molecule has 1 aliphatic heterocycles. The van der Waals surface area contributed by atoms with Gasteiger partial charge in [0.05, 0.1) is 6.04 Å². The van der Waals surface area contributed by atoms with Gasteiger partial charge in [0.25, 0.3) is 0 Å². The number of hydrogen-bond acceptors (Lipinski definition) is 3. The number of carbonyl (C=O) groups is 1. The van der Waals surface area contributed by atoms with Gasteiger partial charge in [-0.2, -0.15) is 0 Å². The van der Waals surface area contributed by atoms with Crippen molar-refractivity contribution < 1.29 is 13.9 Å². The van der Waals surface area contributed by atoms with E-state index in [1.54, 1.807) is 12.1 Å². The van der Waals surface area contributed by atoms with Gasteiger partial charge < -0.3 is 15.4 Å². The first-order valence-electron chi connectivity index (χ1n) is 10.3. The number of halogens is 1. The fourth-order valence-corrected chi connectivity index (χ4v) is 4.60. The van der Waals surface area contributed by atoms with Gasteiger partial charge in [-0.1, -0.05) is 42.5 Å². The Morgan fingerprint density at radius 3 is 2.68 bits per heavy atom. The second-order valence-corrected chi connectivity index (χ2v) is 8.22.